The molecule has 2 atom stereocenters. The number of piperidine rings is 2. The number of carboxylic acids is 1. The predicted molar refractivity (Wildman–Crippen MR) is 145 cm³/mol. The highest BCUT2D eigenvalue weighted by atomic mass is 35.5. The summed E-state index contributed by atoms with van der Waals surface area (Å²) in [6, 6.07) is 7.40. The van der Waals surface area contributed by atoms with Crippen LogP contribution in [0, 0.1) is 17.8 Å². The lowest BCUT2D eigenvalue weighted by Crippen LogP contribution is -2.48. The van der Waals surface area contributed by atoms with Crippen molar-refractivity contribution in [1.82, 2.24) is 20.9 Å². The average molecular weight is 553 g/mol. The third-order valence-electron chi connectivity index (χ3n) is 7.34. The average Bonchev–Trinajstić information content (AvgIpc) is 2.92. The number of benzene rings is 1. The maximum absolute atomic E-state index is 12.8. The molecule has 0 unspecified atom stereocenters. The van der Waals surface area contributed by atoms with Gasteiger partial charge in [0.2, 0.25) is 17.7 Å². The molecule has 0 aromatic heterocycles. The molecule has 3 rings (SSSR count). The minimum absolute atomic E-state index is 0. The first-order chi connectivity index (χ1) is 17.9. The van der Waals surface area contributed by atoms with Crippen LogP contribution in [0.5, 0.6) is 5.75 Å². The Morgan fingerprint density at radius 3 is 2.47 bits per heavy atom. The fourth-order valence-corrected chi connectivity index (χ4v) is 4.96. The molecule has 4 N–H and O–H groups in total. The first-order valence-corrected chi connectivity index (χ1v) is 13.3. The van der Waals surface area contributed by atoms with Crippen LogP contribution < -0.4 is 20.7 Å². The standard InChI is InChI=1S/C27H40N4O6.ClH/c1-37-22-7-4-19(5-8-22)12-15-29-26(34)23(27(35)36)17-30-25(33)21-3-2-16-31(18-21)24(32)9-6-20-10-13-28-14-11-20;/h4-5,7-8,20-21,23,28H,2-3,6,9-18H2,1H3,(H,29,34)(H,30,33)(H,35,36);1H/t21-,23+;/m1./s1. The van der Waals surface area contributed by atoms with E-state index in [9.17, 15) is 24.3 Å². The van der Waals surface area contributed by atoms with Crippen molar-refractivity contribution >= 4 is 36.1 Å². The molecule has 38 heavy (non-hydrogen) atoms. The lowest BCUT2D eigenvalue weighted by atomic mass is 9.92. The molecule has 2 fully saturated rings. The van der Waals surface area contributed by atoms with Crippen molar-refractivity contribution in [3.8, 4) is 5.75 Å². The number of carboxylic acid groups (broad SMARTS) is 1. The number of hydrogen-bond donors (Lipinski definition) is 4. The van der Waals surface area contributed by atoms with Crippen LogP contribution in [0.15, 0.2) is 24.3 Å². The van der Waals surface area contributed by atoms with E-state index < -0.39 is 23.7 Å². The van der Waals surface area contributed by atoms with Crippen molar-refractivity contribution in [3.05, 3.63) is 29.8 Å². The van der Waals surface area contributed by atoms with E-state index in [-0.39, 0.29) is 37.3 Å². The van der Waals surface area contributed by atoms with Gasteiger partial charge in [0.25, 0.3) is 0 Å². The van der Waals surface area contributed by atoms with Gasteiger partial charge in [0.15, 0.2) is 5.92 Å². The topological polar surface area (TPSA) is 137 Å². The molecule has 0 saturated carbocycles. The highest BCUT2D eigenvalue weighted by molar-refractivity contribution is 5.97. The van der Waals surface area contributed by atoms with E-state index in [0.29, 0.717) is 38.3 Å². The van der Waals surface area contributed by atoms with Crippen molar-refractivity contribution in [2.45, 2.75) is 44.9 Å². The van der Waals surface area contributed by atoms with E-state index in [1.807, 2.05) is 24.3 Å². The van der Waals surface area contributed by atoms with Crippen LogP contribution in [0.3, 0.4) is 0 Å². The number of aliphatic carboxylic acids is 1. The Balaban J connectivity index is 0.00000507. The van der Waals surface area contributed by atoms with Crippen LogP contribution in [0.25, 0.3) is 0 Å². The highest BCUT2D eigenvalue weighted by Gasteiger charge is 2.31. The van der Waals surface area contributed by atoms with Gasteiger partial charge >= 0.3 is 5.97 Å². The van der Waals surface area contributed by atoms with Crippen molar-refractivity contribution < 1.29 is 29.0 Å². The molecule has 2 heterocycles. The number of hydrogen-bond acceptors (Lipinski definition) is 6. The van der Waals surface area contributed by atoms with Gasteiger partial charge in [-0.15, -0.1) is 12.4 Å². The normalized spacial score (nSPS) is 18.6. The Hall–Kier alpha value is -2.85. The largest absolute Gasteiger partial charge is 0.497 e. The predicted octanol–water partition coefficient (Wildman–Crippen LogP) is 1.61. The second-order valence-electron chi connectivity index (χ2n) is 9.94. The molecule has 0 bridgehead atoms. The second-order valence-corrected chi connectivity index (χ2v) is 9.94. The lowest BCUT2D eigenvalue weighted by Gasteiger charge is -2.33. The molecule has 0 aliphatic carbocycles. The van der Waals surface area contributed by atoms with Crippen molar-refractivity contribution in [3.63, 3.8) is 0 Å². The van der Waals surface area contributed by atoms with E-state index in [1.54, 1.807) is 12.0 Å². The Labute approximate surface area is 230 Å². The molecule has 2 aliphatic heterocycles. The Bertz CT molecular complexity index is 923. The van der Waals surface area contributed by atoms with Crippen LogP contribution in [0.2, 0.25) is 0 Å². The van der Waals surface area contributed by atoms with Gasteiger partial charge in [-0.1, -0.05) is 12.1 Å². The molecule has 11 heteroatoms. The van der Waals surface area contributed by atoms with E-state index in [0.717, 1.165) is 50.1 Å². The molecule has 10 nitrogen and oxygen atoms in total. The van der Waals surface area contributed by atoms with E-state index >= 15 is 0 Å². The van der Waals surface area contributed by atoms with Gasteiger partial charge in [-0.05, 0) is 75.2 Å². The minimum Gasteiger partial charge on any atom is -0.497 e. The van der Waals surface area contributed by atoms with Gasteiger partial charge in [0.05, 0.1) is 13.0 Å². The Morgan fingerprint density at radius 2 is 1.82 bits per heavy atom. The fraction of sp³-hybridized carbons (Fsp3) is 0.630. The van der Waals surface area contributed by atoms with Crippen molar-refractivity contribution in [2.24, 2.45) is 17.8 Å². The smallest absolute Gasteiger partial charge is 0.317 e. The number of ether oxygens (including phenoxy) is 1. The minimum atomic E-state index is -1.38. The number of methoxy groups -OCH3 is 1. The quantitative estimate of drug-likeness (QED) is 0.289. The number of rotatable bonds is 12. The van der Waals surface area contributed by atoms with Crippen molar-refractivity contribution in [2.75, 3.05) is 46.4 Å². The van der Waals surface area contributed by atoms with Gasteiger partial charge in [-0.25, -0.2) is 0 Å². The SMILES string of the molecule is COc1ccc(CCNC(=O)[C@H](CNC(=O)[C@@H]2CCCN(C(=O)CCC3CCNCC3)C2)C(=O)O)cc1.Cl. The maximum atomic E-state index is 12.8. The van der Waals surface area contributed by atoms with E-state index in [1.165, 1.54) is 0 Å². The summed E-state index contributed by atoms with van der Waals surface area (Å²) in [4.78, 5) is 51.5. The summed E-state index contributed by atoms with van der Waals surface area (Å²) in [7, 11) is 1.58. The third-order valence-corrected chi connectivity index (χ3v) is 7.34. The molecule has 2 saturated heterocycles. The maximum Gasteiger partial charge on any atom is 0.317 e. The third kappa shape index (κ3) is 9.79. The summed E-state index contributed by atoms with van der Waals surface area (Å²) in [5.74, 6) is -2.64. The summed E-state index contributed by atoms with van der Waals surface area (Å²) in [6.45, 7) is 2.97. The zero-order chi connectivity index (χ0) is 26.6. The monoisotopic (exact) mass is 552 g/mol. The number of halogens is 1. The highest BCUT2D eigenvalue weighted by Crippen LogP contribution is 2.21. The molecule has 212 valence electrons. The molecule has 3 amide bonds. The molecule has 0 spiro atoms. The molecule has 1 aromatic carbocycles. The van der Waals surface area contributed by atoms with Crippen LogP contribution >= 0.6 is 12.4 Å². The Kier molecular flexibility index (Phi) is 13.4. The van der Waals surface area contributed by atoms with Gasteiger partial charge in [0.1, 0.15) is 5.75 Å². The number of carbonyl (C=O) groups excluding carboxylic acids is 3. The summed E-state index contributed by atoms with van der Waals surface area (Å²) in [5.41, 5.74) is 0.980. The fourth-order valence-electron chi connectivity index (χ4n) is 4.96. The van der Waals surface area contributed by atoms with E-state index in [2.05, 4.69) is 16.0 Å². The number of amides is 3. The molecule has 0 radical (unpaired) electrons. The van der Waals surface area contributed by atoms with Crippen LogP contribution in [-0.2, 0) is 25.6 Å². The zero-order valence-corrected chi connectivity index (χ0v) is 22.9. The van der Waals surface area contributed by atoms with Crippen LogP contribution in [-0.4, -0.2) is 80.1 Å². The number of nitrogens with zero attached hydrogens (tertiary/aromatic N) is 1. The molecular weight excluding hydrogens is 512 g/mol. The van der Waals surface area contributed by atoms with E-state index in [4.69, 9.17) is 4.74 Å². The van der Waals surface area contributed by atoms with Gasteiger partial charge in [0, 0.05) is 32.6 Å². The van der Waals surface area contributed by atoms with Crippen molar-refractivity contribution in [1.29, 1.82) is 0 Å². The van der Waals surface area contributed by atoms with Gasteiger partial charge < -0.3 is 30.7 Å². The summed E-state index contributed by atoms with van der Waals surface area (Å²) in [5, 5.41) is 18.2. The van der Waals surface area contributed by atoms with Crippen LogP contribution in [0.1, 0.15) is 44.1 Å². The number of nitrogens with one attached hydrogen (secondary N) is 3. The molecule has 1 aromatic rings. The van der Waals surface area contributed by atoms with Gasteiger partial charge in [-0.3, -0.25) is 19.2 Å². The van der Waals surface area contributed by atoms with Crippen LogP contribution in [0.4, 0.5) is 0 Å². The Morgan fingerprint density at radius 1 is 1.11 bits per heavy atom. The first kappa shape index (κ1) is 31.4. The molecular formula is C27H41ClN4O6. The number of carbonyl (C=O) groups is 4. The summed E-state index contributed by atoms with van der Waals surface area (Å²) in [6.07, 6.45) is 5.47. The summed E-state index contributed by atoms with van der Waals surface area (Å²) < 4.78 is 5.12. The first-order valence-electron chi connectivity index (χ1n) is 13.3. The zero-order valence-electron chi connectivity index (χ0n) is 22.1. The molecule has 2 aliphatic rings. The van der Waals surface area contributed by atoms with Gasteiger partial charge in [-0.2, -0.15) is 0 Å². The lowest BCUT2D eigenvalue weighted by molar-refractivity contribution is -0.146. The number of likely N-dealkylation sites (tertiary alicyclic amines) is 1. The second kappa shape index (κ2) is 16.2. The summed E-state index contributed by atoms with van der Waals surface area (Å²) >= 11 is 0.